The summed E-state index contributed by atoms with van der Waals surface area (Å²) in [6.07, 6.45) is 5.05. The van der Waals surface area contributed by atoms with Gasteiger partial charge in [0.15, 0.2) is 0 Å². The molecule has 7 heteroatoms. The van der Waals surface area contributed by atoms with Gasteiger partial charge in [-0.25, -0.2) is 9.97 Å². The van der Waals surface area contributed by atoms with E-state index in [-0.39, 0.29) is 12.4 Å². The zero-order valence-electron chi connectivity index (χ0n) is 9.94. The Labute approximate surface area is 103 Å². The van der Waals surface area contributed by atoms with Crippen LogP contribution in [-0.4, -0.2) is 14.5 Å². The van der Waals surface area contributed by atoms with Crippen molar-refractivity contribution in [3.63, 3.8) is 0 Å². The number of oxazole rings is 1. The molecule has 0 aliphatic carbocycles. The minimum atomic E-state index is -2.57. The summed E-state index contributed by atoms with van der Waals surface area (Å²) < 4.78 is 31.2. The average molecular weight is 256 g/mol. The molecule has 0 unspecified atom stereocenters. The van der Waals surface area contributed by atoms with Crippen molar-refractivity contribution in [2.24, 2.45) is 0 Å². The molecule has 2 heterocycles. The number of hydrogen-bond acceptors (Lipinski definition) is 4. The maximum absolute atomic E-state index is 12.5. The predicted molar refractivity (Wildman–Crippen MR) is 59.9 cm³/mol. The molecule has 0 radical (unpaired) electrons. The lowest BCUT2D eigenvalue weighted by molar-refractivity contribution is 0.0666. The molecule has 18 heavy (non-hydrogen) atoms. The minimum Gasteiger partial charge on any atom is -0.444 e. The van der Waals surface area contributed by atoms with Gasteiger partial charge in [0.25, 0.3) is 0 Å². The van der Waals surface area contributed by atoms with Gasteiger partial charge in [-0.3, -0.25) is 4.57 Å². The largest absolute Gasteiger partial charge is 0.444 e. The van der Waals surface area contributed by atoms with Crippen LogP contribution in [0.25, 0.3) is 0 Å². The van der Waals surface area contributed by atoms with E-state index in [4.69, 9.17) is 4.42 Å². The Balaban J connectivity index is 1.86. The Kier molecular flexibility index (Phi) is 4.03. The van der Waals surface area contributed by atoms with E-state index in [1.165, 1.54) is 12.4 Å². The van der Waals surface area contributed by atoms with Gasteiger partial charge < -0.3 is 9.73 Å². The van der Waals surface area contributed by atoms with Gasteiger partial charge in [0.1, 0.15) is 11.6 Å². The van der Waals surface area contributed by atoms with Gasteiger partial charge >= 0.3 is 6.55 Å². The zero-order valence-corrected chi connectivity index (χ0v) is 9.94. The fourth-order valence-corrected chi connectivity index (χ4v) is 1.53. The molecule has 0 aliphatic rings. The quantitative estimate of drug-likeness (QED) is 0.860. The summed E-state index contributed by atoms with van der Waals surface area (Å²) in [5.74, 6) is 1.63. The molecule has 98 valence electrons. The normalized spacial score (nSPS) is 11.3. The van der Waals surface area contributed by atoms with Crippen LogP contribution in [0.5, 0.6) is 0 Å². The summed E-state index contributed by atoms with van der Waals surface area (Å²) in [7, 11) is 0. The summed E-state index contributed by atoms with van der Waals surface area (Å²) in [6.45, 7) is 0.0202. The van der Waals surface area contributed by atoms with E-state index in [1.807, 2.05) is 6.92 Å². The summed E-state index contributed by atoms with van der Waals surface area (Å²) >= 11 is 0. The van der Waals surface area contributed by atoms with Gasteiger partial charge in [0, 0.05) is 18.8 Å². The highest BCUT2D eigenvalue weighted by atomic mass is 19.3. The van der Waals surface area contributed by atoms with Crippen LogP contribution in [0, 0.1) is 0 Å². The van der Waals surface area contributed by atoms with E-state index in [1.54, 1.807) is 6.20 Å². The smallest absolute Gasteiger partial charge is 0.319 e. The number of nitrogens with one attached hydrogen (secondary N) is 1. The van der Waals surface area contributed by atoms with Crippen molar-refractivity contribution in [2.45, 2.75) is 33.0 Å². The van der Waals surface area contributed by atoms with E-state index in [2.05, 4.69) is 15.3 Å². The fourth-order valence-electron chi connectivity index (χ4n) is 1.53. The molecule has 2 aromatic rings. The number of aryl methyl sites for hydroxylation is 1. The Morgan fingerprint density at radius 1 is 1.39 bits per heavy atom. The monoisotopic (exact) mass is 256 g/mol. The van der Waals surface area contributed by atoms with Crippen LogP contribution in [0.4, 0.5) is 8.78 Å². The van der Waals surface area contributed by atoms with Crippen LogP contribution >= 0.6 is 0 Å². The molecule has 0 amide bonds. The first kappa shape index (κ1) is 12.7. The van der Waals surface area contributed by atoms with Crippen molar-refractivity contribution in [2.75, 3.05) is 0 Å². The number of nitrogens with zero attached hydrogens (tertiary/aromatic N) is 3. The van der Waals surface area contributed by atoms with Gasteiger partial charge in [-0.15, -0.1) is 0 Å². The SMILES string of the molecule is CCc1cnc(CNCc2nccn2C(F)F)o1. The summed E-state index contributed by atoms with van der Waals surface area (Å²) in [4.78, 5) is 7.92. The molecule has 0 aliphatic heterocycles. The van der Waals surface area contributed by atoms with Gasteiger partial charge in [0.05, 0.1) is 19.3 Å². The third-order valence-electron chi connectivity index (χ3n) is 2.47. The number of alkyl halides is 2. The molecule has 0 aromatic carbocycles. The van der Waals surface area contributed by atoms with Crippen LogP contribution in [0.15, 0.2) is 23.0 Å². The molecular weight excluding hydrogens is 242 g/mol. The molecule has 0 bridgehead atoms. The van der Waals surface area contributed by atoms with Crippen LogP contribution in [-0.2, 0) is 19.5 Å². The van der Waals surface area contributed by atoms with Crippen molar-refractivity contribution in [1.29, 1.82) is 0 Å². The molecule has 5 nitrogen and oxygen atoms in total. The fraction of sp³-hybridized carbons (Fsp3) is 0.455. The standard InChI is InChI=1S/C11H14F2N4O/c1-2-8-5-16-10(18-8)7-14-6-9-15-3-4-17(9)11(12)13/h3-5,11,14H,2,6-7H2,1H3. The second-order valence-corrected chi connectivity index (χ2v) is 3.71. The lowest BCUT2D eigenvalue weighted by Crippen LogP contribution is -2.17. The van der Waals surface area contributed by atoms with E-state index in [0.29, 0.717) is 12.4 Å². The van der Waals surface area contributed by atoms with Crippen molar-refractivity contribution < 1.29 is 13.2 Å². The highest BCUT2D eigenvalue weighted by molar-refractivity contribution is 4.95. The molecule has 1 N–H and O–H groups in total. The summed E-state index contributed by atoms with van der Waals surface area (Å²) in [5.41, 5.74) is 0. The third kappa shape index (κ3) is 2.92. The van der Waals surface area contributed by atoms with Crippen LogP contribution < -0.4 is 5.32 Å². The predicted octanol–water partition coefficient (Wildman–Crippen LogP) is 2.12. The molecule has 0 saturated heterocycles. The topological polar surface area (TPSA) is 55.9 Å². The number of imidazole rings is 1. The molecule has 0 fully saturated rings. The number of rotatable bonds is 6. The number of aromatic nitrogens is 3. The average Bonchev–Trinajstić information content (AvgIpc) is 2.97. The van der Waals surface area contributed by atoms with E-state index in [9.17, 15) is 8.78 Å². The second kappa shape index (κ2) is 5.72. The van der Waals surface area contributed by atoms with Crippen LogP contribution in [0.3, 0.4) is 0 Å². The number of halogens is 2. The van der Waals surface area contributed by atoms with Crippen LogP contribution in [0.2, 0.25) is 0 Å². The number of hydrogen-bond donors (Lipinski definition) is 1. The molecule has 0 saturated carbocycles. The molecule has 2 rings (SSSR count). The Bertz CT molecular complexity index is 495. The van der Waals surface area contributed by atoms with E-state index >= 15 is 0 Å². The van der Waals surface area contributed by atoms with Crippen molar-refractivity contribution in [3.05, 3.63) is 36.1 Å². The van der Waals surface area contributed by atoms with E-state index in [0.717, 1.165) is 16.7 Å². The lowest BCUT2D eigenvalue weighted by Gasteiger charge is -2.06. The Morgan fingerprint density at radius 2 is 2.22 bits per heavy atom. The zero-order chi connectivity index (χ0) is 13.0. The maximum Gasteiger partial charge on any atom is 0.319 e. The first-order valence-electron chi connectivity index (χ1n) is 5.65. The van der Waals surface area contributed by atoms with Crippen LogP contribution in [0.1, 0.15) is 30.9 Å². The summed E-state index contributed by atoms with van der Waals surface area (Å²) in [6, 6.07) is 0. The van der Waals surface area contributed by atoms with Gasteiger partial charge in [-0.2, -0.15) is 8.78 Å². The van der Waals surface area contributed by atoms with Crippen molar-refractivity contribution >= 4 is 0 Å². The maximum atomic E-state index is 12.5. The first-order valence-corrected chi connectivity index (χ1v) is 5.65. The van der Waals surface area contributed by atoms with Gasteiger partial charge in [-0.05, 0) is 0 Å². The van der Waals surface area contributed by atoms with Crippen molar-refractivity contribution in [3.8, 4) is 0 Å². The Morgan fingerprint density at radius 3 is 2.89 bits per heavy atom. The van der Waals surface area contributed by atoms with Gasteiger partial charge in [-0.1, -0.05) is 6.92 Å². The third-order valence-corrected chi connectivity index (χ3v) is 2.47. The highest BCUT2D eigenvalue weighted by Gasteiger charge is 2.11. The van der Waals surface area contributed by atoms with Gasteiger partial charge in [0.2, 0.25) is 5.89 Å². The molecular formula is C11H14F2N4O. The lowest BCUT2D eigenvalue weighted by atomic mass is 10.4. The molecule has 0 spiro atoms. The molecule has 0 atom stereocenters. The summed E-state index contributed by atoms with van der Waals surface area (Å²) in [5, 5.41) is 2.96. The first-order chi connectivity index (χ1) is 8.70. The van der Waals surface area contributed by atoms with Crippen molar-refractivity contribution in [1.82, 2.24) is 19.9 Å². The second-order valence-electron chi connectivity index (χ2n) is 3.71. The minimum absolute atomic E-state index is 0.237. The Hall–Kier alpha value is -1.76. The highest BCUT2D eigenvalue weighted by Crippen LogP contribution is 2.12. The van der Waals surface area contributed by atoms with E-state index < -0.39 is 6.55 Å². The molecule has 2 aromatic heterocycles.